The van der Waals surface area contributed by atoms with Crippen molar-refractivity contribution in [3.8, 4) is 96.7 Å². The van der Waals surface area contributed by atoms with Gasteiger partial charge in [-0.2, -0.15) is 5.26 Å². The van der Waals surface area contributed by atoms with Gasteiger partial charge in [-0.05, 0) is 40.5 Å². The molecule has 0 aliphatic heterocycles. The quantitative estimate of drug-likeness (QED) is 0.154. The average Bonchev–Trinajstić information content (AvgIpc) is 3.29. The third-order valence-corrected chi connectivity index (χ3v) is 9.43. The first-order valence-electron chi connectivity index (χ1n) is 18.2. The predicted octanol–water partition coefficient (Wildman–Crippen LogP) is 11.3. The Morgan fingerprint density at radius 2 is 0.625 bits per heavy atom. The number of nitrogens with zero attached hydrogens (tertiary/aromatic N) is 7. The number of nitriles is 1. The summed E-state index contributed by atoms with van der Waals surface area (Å²) in [4.78, 5) is 29.8. The highest BCUT2D eigenvalue weighted by atomic mass is 15.0. The van der Waals surface area contributed by atoms with Crippen molar-refractivity contribution >= 4 is 0 Å². The molecule has 0 spiro atoms. The number of aromatic nitrogens is 6. The highest BCUT2D eigenvalue weighted by Crippen LogP contribution is 2.34. The van der Waals surface area contributed by atoms with E-state index in [1.807, 2.05) is 152 Å². The Balaban J connectivity index is 1.11. The van der Waals surface area contributed by atoms with E-state index in [4.69, 9.17) is 29.9 Å². The van der Waals surface area contributed by atoms with Crippen LogP contribution in [0.1, 0.15) is 5.56 Å². The van der Waals surface area contributed by atoms with Gasteiger partial charge in [0.15, 0.2) is 34.9 Å². The summed E-state index contributed by atoms with van der Waals surface area (Å²) in [5, 5.41) is 9.48. The van der Waals surface area contributed by atoms with Gasteiger partial charge in [-0.3, -0.25) is 0 Å². The number of hydrogen-bond donors (Lipinski definition) is 0. The van der Waals surface area contributed by atoms with Crippen molar-refractivity contribution in [3.63, 3.8) is 0 Å². The summed E-state index contributed by atoms with van der Waals surface area (Å²) in [5.41, 5.74) is 9.83. The zero-order valence-corrected chi connectivity index (χ0v) is 30.0. The van der Waals surface area contributed by atoms with E-state index in [1.54, 1.807) is 6.07 Å². The van der Waals surface area contributed by atoms with Gasteiger partial charge in [-0.15, -0.1) is 0 Å². The van der Waals surface area contributed by atoms with Crippen LogP contribution in [0.2, 0.25) is 0 Å². The maximum absolute atomic E-state index is 9.48. The van der Waals surface area contributed by atoms with Crippen LogP contribution in [0.15, 0.2) is 188 Å². The van der Waals surface area contributed by atoms with E-state index < -0.39 is 0 Å². The summed E-state index contributed by atoms with van der Waals surface area (Å²) in [6.07, 6.45) is 0. The van der Waals surface area contributed by atoms with E-state index in [9.17, 15) is 5.26 Å². The molecule has 0 bridgehead atoms. The van der Waals surface area contributed by atoms with E-state index in [1.165, 1.54) is 0 Å². The van der Waals surface area contributed by atoms with E-state index >= 15 is 0 Å². The SMILES string of the molecule is N#Cc1cccc(-c2cccc(-c3nc(-c4ccccc4)nc(-c4ccc(-c5ccccc5-c5nc(-c6ccccc6)nc(-c6ccccc6)n5)cc4)n3)c2)c1. The fraction of sp³-hybridized carbons (Fsp3) is 0. The van der Waals surface area contributed by atoms with Crippen LogP contribution in [0.5, 0.6) is 0 Å². The van der Waals surface area contributed by atoms with Crippen LogP contribution in [-0.4, -0.2) is 29.9 Å². The molecule has 7 nitrogen and oxygen atoms in total. The van der Waals surface area contributed by atoms with Crippen molar-refractivity contribution in [2.24, 2.45) is 0 Å². The van der Waals surface area contributed by atoms with E-state index in [0.717, 1.165) is 55.6 Å². The van der Waals surface area contributed by atoms with Gasteiger partial charge in [0.05, 0.1) is 11.6 Å². The Morgan fingerprint density at radius 3 is 1.14 bits per heavy atom. The van der Waals surface area contributed by atoms with E-state index in [0.29, 0.717) is 40.5 Å². The summed E-state index contributed by atoms with van der Waals surface area (Å²) >= 11 is 0. The van der Waals surface area contributed by atoms with Crippen molar-refractivity contribution in [3.05, 3.63) is 194 Å². The summed E-state index contributed by atoms with van der Waals surface area (Å²) < 4.78 is 0. The Hall–Kier alpha value is -7.95. The minimum atomic E-state index is 0.555. The zero-order valence-electron chi connectivity index (χ0n) is 30.0. The van der Waals surface area contributed by atoms with E-state index in [-0.39, 0.29) is 0 Å². The normalized spacial score (nSPS) is 10.8. The molecule has 0 aliphatic rings. The van der Waals surface area contributed by atoms with Crippen LogP contribution in [0, 0.1) is 11.3 Å². The van der Waals surface area contributed by atoms with Crippen molar-refractivity contribution in [2.45, 2.75) is 0 Å². The maximum Gasteiger partial charge on any atom is 0.164 e. The Bertz CT molecular complexity index is 2790. The largest absolute Gasteiger partial charge is 0.208 e. The molecular formula is C49H31N7. The molecule has 56 heavy (non-hydrogen) atoms. The molecule has 262 valence electrons. The minimum absolute atomic E-state index is 0.555. The van der Waals surface area contributed by atoms with Crippen molar-refractivity contribution < 1.29 is 0 Å². The molecule has 9 aromatic rings. The molecule has 0 fully saturated rings. The molecule has 9 rings (SSSR count). The van der Waals surface area contributed by atoms with Gasteiger partial charge in [-0.25, -0.2) is 29.9 Å². The van der Waals surface area contributed by atoms with Gasteiger partial charge >= 0.3 is 0 Å². The molecule has 0 amide bonds. The van der Waals surface area contributed by atoms with Gasteiger partial charge in [0.25, 0.3) is 0 Å². The van der Waals surface area contributed by atoms with Gasteiger partial charge in [0.2, 0.25) is 0 Å². The van der Waals surface area contributed by atoms with Crippen LogP contribution in [0.3, 0.4) is 0 Å². The van der Waals surface area contributed by atoms with Crippen LogP contribution >= 0.6 is 0 Å². The lowest BCUT2D eigenvalue weighted by molar-refractivity contribution is 1.07. The number of benzene rings is 7. The Labute approximate surface area is 324 Å². The maximum atomic E-state index is 9.48. The number of hydrogen-bond acceptors (Lipinski definition) is 7. The lowest BCUT2D eigenvalue weighted by Gasteiger charge is -2.13. The molecule has 0 unspecified atom stereocenters. The topological polar surface area (TPSA) is 101 Å². The monoisotopic (exact) mass is 717 g/mol. The zero-order chi connectivity index (χ0) is 37.7. The fourth-order valence-corrected chi connectivity index (χ4v) is 6.61. The fourth-order valence-electron chi connectivity index (χ4n) is 6.61. The molecule has 0 saturated heterocycles. The average molecular weight is 718 g/mol. The molecule has 0 radical (unpaired) electrons. The van der Waals surface area contributed by atoms with Crippen LogP contribution in [-0.2, 0) is 0 Å². The number of rotatable bonds is 8. The Morgan fingerprint density at radius 1 is 0.268 bits per heavy atom. The predicted molar refractivity (Wildman–Crippen MR) is 221 cm³/mol. The van der Waals surface area contributed by atoms with Crippen LogP contribution < -0.4 is 0 Å². The molecule has 2 aromatic heterocycles. The second-order valence-electron chi connectivity index (χ2n) is 13.1. The van der Waals surface area contributed by atoms with Gasteiger partial charge in [-0.1, -0.05) is 170 Å². The van der Waals surface area contributed by atoms with Gasteiger partial charge in [0, 0.05) is 33.4 Å². The molecule has 0 atom stereocenters. The first kappa shape index (κ1) is 33.9. The van der Waals surface area contributed by atoms with Crippen LogP contribution in [0.25, 0.3) is 90.6 Å². The van der Waals surface area contributed by atoms with Crippen molar-refractivity contribution in [1.82, 2.24) is 29.9 Å². The first-order chi connectivity index (χ1) is 27.7. The summed E-state index contributed by atoms with van der Waals surface area (Å²) in [6, 6.07) is 64.2. The summed E-state index contributed by atoms with van der Waals surface area (Å²) in [6.45, 7) is 0. The third-order valence-electron chi connectivity index (χ3n) is 9.43. The second-order valence-corrected chi connectivity index (χ2v) is 13.1. The van der Waals surface area contributed by atoms with E-state index in [2.05, 4.69) is 36.4 Å². The highest BCUT2D eigenvalue weighted by Gasteiger charge is 2.17. The van der Waals surface area contributed by atoms with Crippen LogP contribution in [0.4, 0.5) is 0 Å². The minimum Gasteiger partial charge on any atom is -0.208 e. The van der Waals surface area contributed by atoms with Gasteiger partial charge in [0.1, 0.15) is 0 Å². The first-order valence-corrected chi connectivity index (χ1v) is 18.2. The standard InChI is InChI=1S/C49H31N7/c50-32-33-14-12-21-39(30-33)40-22-13-23-41(31-40)48-53-44(35-15-4-1-5-16-35)51-47(54-48)38-28-26-34(27-29-38)42-24-10-11-25-43(42)49-55-45(36-17-6-2-7-18-36)52-46(56-49)37-19-8-3-9-20-37/h1-31H. The smallest absolute Gasteiger partial charge is 0.164 e. The molecular weight excluding hydrogens is 687 g/mol. The highest BCUT2D eigenvalue weighted by molar-refractivity contribution is 5.83. The molecule has 0 saturated carbocycles. The van der Waals surface area contributed by atoms with Gasteiger partial charge < -0.3 is 0 Å². The molecule has 7 aromatic carbocycles. The third kappa shape index (κ3) is 7.06. The summed E-state index contributed by atoms with van der Waals surface area (Å²) in [5.74, 6) is 3.51. The van der Waals surface area contributed by atoms with Crippen molar-refractivity contribution in [1.29, 1.82) is 5.26 Å². The summed E-state index contributed by atoms with van der Waals surface area (Å²) in [7, 11) is 0. The second kappa shape index (κ2) is 15.2. The lowest BCUT2D eigenvalue weighted by Crippen LogP contribution is -2.01. The molecule has 0 N–H and O–H groups in total. The molecule has 0 aliphatic carbocycles. The lowest BCUT2D eigenvalue weighted by atomic mass is 9.98. The molecule has 7 heteroatoms. The molecule has 2 heterocycles. The van der Waals surface area contributed by atoms with Crippen molar-refractivity contribution in [2.75, 3.05) is 0 Å². The Kier molecular flexibility index (Phi) is 9.18.